The minimum absolute atomic E-state index is 0.128. The first-order chi connectivity index (χ1) is 14.4. The third-order valence-corrected chi connectivity index (χ3v) is 6.38. The topological polar surface area (TPSA) is 92.9 Å². The van der Waals surface area contributed by atoms with Crippen molar-refractivity contribution in [2.24, 2.45) is 5.73 Å². The van der Waals surface area contributed by atoms with Crippen molar-refractivity contribution in [1.82, 2.24) is 9.80 Å². The number of esters is 1. The van der Waals surface area contributed by atoms with Crippen molar-refractivity contribution in [2.75, 3.05) is 38.0 Å². The van der Waals surface area contributed by atoms with Gasteiger partial charge in [0.1, 0.15) is 6.04 Å². The fourth-order valence-electron chi connectivity index (χ4n) is 3.70. The van der Waals surface area contributed by atoms with Crippen molar-refractivity contribution in [1.29, 1.82) is 0 Å². The number of ether oxygens (including phenoxy) is 1. The van der Waals surface area contributed by atoms with E-state index in [-0.39, 0.29) is 23.6 Å². The molecule has 0 aromatic heterocycles. The monoisotopic (exact) mass is 453 g/mol. The van der Waals surface area contributed by atoms with E-state index in [9.17, 15) is 14.4 Å². The molecule has 2 N–H and O–H groups in total. The summed E-state index contributed by atoms with van der Waals surface area (Å²) in [6, 6.07) is 7.51. The summed E-state index contributed by atoms with van der Waals surface area (Å²) < 4.78 is 5.04. The molecule has 166 valence electrons. The molecule has 1 saturated heterocycles. The highest BCUT2D eigenvalue weighted by atomic mass is 32.2. The number of thioether (sulfide) groups is 1. The van der Waals surface area contributed by atoms with E-state index in [0.717, 1.165) is 5.75 Å². The molecule has 1 fully saturated rings. The molecule has 1 aromatic rings. The standard InChI is InChI=1S/C21H31N3O4S2/c1-28-21(27)18(10-13-30-2)24(19(25)15-6-4-3-5-7-15)16-8-11-23(12-9-16)20(26)17(22)14-29/h3-7,16-18,29H,8-14,22H2,1-2H3/t17?,18-/m0/s1. The SMILES string of the molecule is COC(=O)[C@H](CCSC)N(C(=O)c1ccccc1)C1CCN(C(=O)C(N)CS)CC1. The number of nitrogens with zero attached hydrogens (tertiary/aromatic N) is 2. The Kier molecular flexibility index (Phi) is 10.0. The van der Waals surface area contributed by atoms with Gasteiger partial charge < -0.3 is 20.3 Å². The van der Waals surface area contributed by atoms with E-state index < -0.39 is 18.1 Å². The maximum atomic E-state index is 13.4. The van der Waals surface area contributed by atoms with Gasteiger partial charge in [-0.25, -0.2) is 4.79 Å². The number of hydrogen-bond donors (Lipinski definition) is 2. The number of amides is 2. The predicted molar refractivity (Wildman–Crippen MR) is 123 cm³/mol. The highest BCUT2D eigenvalue weighted by Gasteiger charge is 2.38. The first-order valence-corrected chi connectivity index (χ1v) is 12.1. The van der Waals surface area contributed by atoms with Crippen molar-refractivity contribution in [3.63, 3.8) is 0 Å². The molecule has 2 atom stereocenters. The third-order valence-electron chi connectivity index (χ3n) is 5.34. The maximum absolute atomic E-state index is 13.4. The summed E-state index contributed by atoms with van der Waals surface area (Å²) >= 11 is 5.73. The minimum Gasteiger partial charge on any atom is -0.467 e. The number of benzene rings is 1. The number of nitrogens with two attached hydrogens (primary N) is 1. The van der Waals surface area contributed by atoms with Crippen LogP contribution < -0.4 is 5.73 Å². The van der Waals surface area contributed by atoms with Crippen molar-refractivity contribution < 1.29 is 19.1 Å². The van der Waals surface area contributed by atoms with Gasteiger partial charge in [0.05, 0.1) is 13.2 Å². The lowest BCUT2D eigenvalue weighted by molar-refractivity contribution is -0.147. The fraction of sp³-hybridized carbons (Fsp3) is 0.571. The Morgan fingerprint density at radius 1 is 1.27 bits per heavy atom. The average Bonchev–Trinajstić information content (AvgIpc) is 2.80. The summed E-state index contributed by atoms with van der Waals surface area (Å²) in [5, 5.41) is 0. The van der Waals surface area contributed by atoms with E-state index in [2.05, 4.69) is 12.6 Å². The summed E-state index contributed by atoms with van der Waals surface area (Å²) in [5.74, 6) is 0.285. The van der Waals surface area contributed by atoms with Crippen LogP contribution in [0.3, 0.4) is 0 Å². The zero-order chi connectivity index (χ0) is 22.1. The number of carbonyl (C=O) groups is 3. The molecule has 1 aliphatic heterocycles. The van der Waals surface area contributed by atoms with Crippen molar-refractivity contribution in [3.8, 4) is 0 Å². The van der Waals surface area contributed by atoms with E-state index in [1.165, 1.54) is 7.11 Å². The largest absolute Gasteiger partial charge is 0.467 e. The van der Waals surface area contributed by atoms with Gasteiger partial charge in [-0.2, -0.15) is 24.4 Å². The highest BCUT2D eigenvalue weighted by molar-refractivity contribution is 7.98. The summed E-state index contributed by atoms with van der Waals surface area (Å²) in [7, 11) is 1.35. The molecule has 0 bridgehead atoms. The lowest BCUT2D eigenvalue weighted by Gasteiger charge is -2.42. The van der Waals surface area contributed by atoms with Gasteiger partial charge in [0.15, 0.2) is 0 Å². The van der Waals surface area contributed by atoms with Crippen LogP contribution in [0.4, 0.5) is 0 Å². The zero-order valence-electron chi connectivity index (χ0n) is 17.5. The quantitative estimate of drug-likeness (QED) is 0.437. The normalized spacial score (nSPS) is 16.6. The van der Waals surface area contributed by atoms with Crippen molar-refractivity contribution in [2.45, 2.75) is 37.4 Å². The fourth-order valence-corrected chi connectivity index (χ4v) is 4.32. The molecule has 1 aliphatic rings. The Morgan fingerprint density at radius 3 is 2.43 bits per heavy atom. The van der Waals surface area contributed by atoms with E-state index in [0.29, 0.717) is 37.9 Å². The Morgan fingerprint density at radius 2 is 1.90 bits per heavy atom. The van der Waals surface area contributed by atoms with Gasteiger partial charge in [0.25, 0.3) is 5.91 Å². The number of piperidine rings is 1. The van der Waals surface area contributed by atoms with Crippen molar-refractivity contribution >= 4 is 42.2 Å². The van der Waals surface area contributed by atoms with Gasteiger partial charge in [-0.05, 0) is 43.4 Å². The van der Waals surface area contributed by atoms with E-state index >= 15 is 0 Å². The molecular formula is C21H31N3O4S2. The van der Waals surface area contributed by atoms with Gasteiger partial charge >= 0.3 is 5.97 Å². The molecule has 7 nitrogen and oxygen atoms in total. The van der Waals surface area contributed by atoms with Crippen LogP contribution in [0, 0.1) is 0 Å². The second-order valence-electron chi connectivity index (χ2n) is 7.24. The molecule has 0 aliphatic carbocycles. The highest BCUT2D eigenvalue weighted by Crippen LogP contribution is 2.25. The Labute approximate surface area is 188 Å². The lowest BCUT2D eigenvalue weighted by Crippen LogP contribution is -2.56. The zero-order valence-corrected chi connectivity index (χ0v) is 19.2. The van der Waals surface area contributed by atoms with E-state index in [4.69, 9.17) is 10.5 Å². The number of carbonyl (C=O) groups excluding carboxylic acids is 3. The molecule has 0 radical (unpaired) electrons. The molecule has 0 saturated carbocycles. The lowest BCUT2D eigenvalue weighted by atomic mass is 9.98. The summed E-state index contributed by atoms with van der Waals surface area (Å²) in [4.78, 5) is 41.8. The van der Waals surface area contributed by atoms with Crippen LogP contribution in [0.25, 0.3) is 0 Å². The predicted octanol–water partition coefficient (Wildman–Crippen LogP) is 1.67. The van der Waals surface area contributed by atoms with Crippen LogP contribution in [0.2, 0.25) is 0 Å². The summed E-state index contributed by atoms with van der Waals surface area (Å²) in [6.45, 7) is 0.972. The molecular weight excluding hydrogens is 422 g/mol. The number of likely N-dealkylation sites (tertiary alicyclic amines) is 1. The Bertz CT molecular complexity index is 711. The molecule has 0 spiro atoms. The van der Waals surface area contributed by atoms with Crippen LogP contribution in [0.15, 0.2) is 30.3 Å². The van der Waals surface area contributed by atoms with Gasteiger partial charge in [-0.3, -0.25) is 9.59 Å². The molecule has 1 unspecified atom stereocenters. The number of thiol groups is 1. The molecule has 30 heavy (non-hydrogen) atoms. The van der Waals surface area contributed by atoms with E-state index in [1.54, 1.807) is 45.8 Å². The van der Waals surface area contributed by atoms with Gasteiger partial charge in [0, 0.05) is 30.4 Å². The molecule has 1 heterocycles. The van der Waals surface area contributed by atoms with Gasteiger partial charge in [0.2, 0.25) is 5.91 Å². The van der Waals surface area contributed by atoms with Crippen LogP contribution >= 0.6 is 24.4 Å². The van der Waals surface area contributed by atoms with Crippen LogP contribution in [-0.4, -0.2) is 83.7 Å². The number of methoxy groups -OCH3 is 1. The maximum Gasteiger partial charge on any atom is 0.328 e. The van der Waals surface area contributed by atoms with Gasteiger partial charge in [-0.15, -0.1) is 0 Å². The number of hydrogen-bond acceptors (Lipinski definition) is 7. The smallest absolute Gasteiger partial charge is 0.328 e. The third kappa shape index (κ3) is 6.15. The molecule has 2 rings (SSSR count). The molecule has 2 amide bonds. The van der Waals surface area contributed by atoms with Crippen LogP contribution in [0.5, 0.6) is 0 Å². The van der Waals surface area contributed by atoms with Crippen LogP contribution in [-0.2, 0) is 14.3 Å². The van der Waals surface area contributed by atoms with Gasteiger partial charge in [-0.1, -0.05) is 18.2 Å². The summed E-state index contributed by atoms with van der Waals surface area (Å²) in [5.41, 5.74) is 6.36. The van der Waals surface area contributed by atoms with Crippen molar-refractivity contribution in [3.05, 3.63) is 35.9 Å². The second-order valence-corrected chi connectivity index (χ2v) is 8.60. The first kappa shape index (κ1) is 24.6. The first-order valence-electron chi connectivity index (χ1n) is 10.0. The van der Waals surface area contributed by atoms with Crippen LogP contribution in [0.1, 0.15) is 29.6 Å². The molecule has 9 heteroatoms. The second kappa shape index (κ2) is 12.2. The average molecular weight is 454 g/mol. The summed E-state index contributed by atoms with van der Waals surface area (Å²) in [6.07, 6.45) is 3.63. The molecule has 1 aromatic carbocycles. The van der Waals surface area contributed by atoms with E-state index in [1.807, 2.05) is 12.3 Å². The Hall–Kier alpha value is -1.71. The number of rotatable bonds is 9. The minimum atomic E-state index is -0.665. The Balaban J connectivity index is 2.26.